The van der Waals surface area contributed by atoms with E-state index in [1.54, 1.807) is 41.5 Å². The third-order valence-electron chi connectivity index (χ3n) is 4.68. The number of urea groups is 1. The molecule has 0 aliphatic rings. The predicted octanol–water partition coefficient (Wildman–Crippen LogP) is 4.32. The van der Waals surface area contributed by atoms with E-state index < -0.39 is 0 Å². The van der Waals surface area contributed by atoms with Crippen molar-refractivity contribution >= 4 is 39.1 Å². The third-order valence-corrected chi connectivity index (χ3v) is 5.37. The zero-order chi connectivity index (χ0) is 20.5. The van der Waals surface area contributed by atoms with E-state index in [1.807, 2.05) is 32.0 Å². The topological polar surface area (TPSA) is 88.9 Å². The van der Waals surface area contributed by atoms with E-state index in [1.165, 1.54) is 11.3 Å². The van der Waals surface area contributed by atoms with Crippen molar-refractivity contribution in [2.24, 2.45) is 7.05 Å². The van der Waals surface area contributed by atoms with Crippen LogP contribution in [0.15, 0.2) is 52.9 Å². The summed E-state index contributed by atoms with van der Waals surface area (Å²) in [6.07, 6.45) is 3.39. The summed E-state index contributed by atoms with van der Waals surface area (Å²) >= 11 is 1.34. The first kappa shape index (κ1) is 18.8. The quantitative estimate of drug-likeness (QED) is 0.531. The Morgan fingerprint density at radius 1 is 1.07 bits per heavy atom. The van der Waals surface area contributed by atoms with Gasteiger partial charge in [0.05, 0.1) is 5.52 Å². The Kier molecular flexibility index (Phi) is 4.85. The lowest BCUT2D eigenvalue weighted by Crippen LogP contribution is -2.20. The van der Waals surface area contributed by atoms with Crippen LogP contribution < -0.4 is 16.2 Å². The highest BCUT2D eigenvalue weighted by Gasteiger charge is 2.13. The van der Waals surface area contributed by atoms with Crippen LogP contribution in [0.1, 0.15) is 11.3 Å². The van der Waals surface area contributed by atoms with E-state index in [2.05, 4.69) is 20.6 Å². The predicted molar refractivity (Wildman–Crippen MR) is 117 cm³/mol. The molecule has 4 rings (SSSR count). The lowest BCUT2D eigenvalue weighted by atomic mass is 9.99. The largest absolute Gasteiger partial charge is 0.325 e. The number of aromatic nitrogens is 3. The van der Waals surface area contributed by atoms with Crippen molar-refractivity contribution in [1.29, 1.82) is 0 Å². The molecule has 0 aliphatic heterocycles. The third kappa shape index (κ3) is 3.74. The Hall–Kier alpha value is -3.52. The molecular weight excluding hydrogens is 386 g/mol. The fourth-order valence-electron chi connectivity index (χ4n) is 3.19. The van der Waals surface area contributed by atoms with Gasteiger partial charge in [-0.3, -0.25) is 15.1 Å². The SMILES string of the molecule is Cc1cc2c(cn1)cc(-c1cc(NC(=O)Nc3nccs3)ccc1C)c(=O)n2C. The van der Waals surface area contributed by atoms with Crippen molar-refractivity contribution < 1.29 is 4.79 Å². The average Bonchev–Trinajstić information content (AvgIpc) is 3.19. The van der Waals surface area contributed by atoms with Crippen molar-refractivity contribution in [1.82, 2.24) is 14.5 Å². The standard InChI is InChI=1S/C21H19N5O2S/c1-12-4-5-15(24-20(28)25-21-22-6-7-29-21)10-16(12)17-9-14-11-23-13(2)8-18(14)26(3)19(17)27/h4-11H,1-3H3,(H2,22,24,25,28). The summed E-state index contributed by atoms with van der Waals surface area (Å²) in [5, 5.41) is 8.65. The molecule has 0 aliphatic carbocycles. The Bertz CT molecular complexity index is 1280. The van der Waals surface area contributed by atoms with Crippen LogP contribution in [-0.4, -0.2) is 20.6 Å². The summed E-state index contributed by atoms with van der Waals surface area (Å²) < 4.78 is 1.63. The molecule has 0 atom stereocenters. The lowest BCUT2D eigenvalue weighted by Gasteiger charge is -2.13. The van der Waals surface area contributed by atoms with Gasteiger partial charge in [0.15, 0.2) is 5.13 Å². The molecule has 0 fully saturated rings. The summed E-state index contributed by atoms with van der Waals surface area (Å²) in [6, 6.07) is 8.85. The van der Waals surface area contributed by atoms with Crippen molar-refractivity contribution in [2.45, 2.75) is 13.8 Å². The molecule has 146 valence electrons. The number of aryl methyl sites for hydroxylation is 3. The van der Waals surface area contributed by atoms with E-state index in [0.717, 1.165) is 27.7 Å². The van der Waals surface area contributed by atoms with E-state index in [0.29, 0.717) is 16.4 Å². The second kappa shape index (κ2) is 7.48. The van der Waals surface area contributed by atoms with Crippen molar-refractivity contribution in [3.05, 3.63) is 69.7 Å². The number of nitrogens with one attached hydrogen (secondary N) is 2. The Labute approximate surface area is 171 Å². The van der Waals surface area contributed by atoms with Crippen LogP contribution in [0.2, 0.25) is 0 Å². The molecule has 1 aromatic carbocycles. The first-order chi connectivity index (χ1) is 13.9. The van der Waals surface area contributed by atoms with Gasteiger partial charge < -0.3 is 9.88 Å². The van der Waals surface area contributed by atoms with Gasteiger partial charge in [0.2, 0.25) is 0 Å². The van der Waals surface area contributed by atoms with Gasteiger partial charge in [0.25, 0.3) is 5.56 Å². The molecule has 0 radical (unpaired) electrons. The Morgan fingerprint density at radius 2 is 1.90 bits per heavy atom. The minimum atomic E-state index is -0.388. The maximum absolute atomic E-state index is 13.0. The molecule has 0 spiro atoms. The molecule has 4 aromatic rings. The summed E-state index contributed by atoms with van der Waals surface area (Å²) in [5.74, 6) is 0. The number of benzene rings is 1. The molecule has 29 heavy (non-hydrogen) atoms. The van der Waals surface area contributed by atoms with Gasteiger partial charge >= 0.3 is 6.03 Å². The van der Waals surface area contributed by atoms with Gasteiger partial charge in [-0.15, -0.1) is 11.3 Å². The van der Waals surface area contributed by atoms with Crippen LogP contribution in [0.5, 0.6) is 0 Å². The minimum absolute atomic E-state index is 0.101. The number of thiazole rings is 1. The first-order valence-electron chi connectivity index (χ1n) is 8.97. The van der Waals surface area contributed by atoms with Gasteiger partial charge in [0, 0.05) is 47.2 Å². The Morgan fingerprint density at radius 3 is 2.66 bits per heavy atom. The van der Waals surface area contributed by atoms with Crippen LogP contribution in [0, 0.1) is 13.8 Å². The summed E-state index contributed by atoms with van der Waals surface area (Å²) in [5.41, 5.74) is 4.44. The number of pyridine rings is 2. The van der Waals surface area contributed by atoms with Gasteiger partial charge in [-0.05, 0) is 49.2 Å². The number of hydrogen-bond donors (Lipinski definition) is 2. The Balaban J connectivity index is 1.73. The smallest absolute Gasteiger partial charge is 0.311 e. The van der Waals surface area contributed by atoms with Crippen LogP contribution in [0.3, 0.4) is 0 Å². The number of carbonyl (C=O) groups excluding carboxylic acids is 1. The molecule has 3 aromatic heterocycles. The molecule has 0 bridgehead atoms. The van der Waals surface area contributed by atoms with E-state index >= 15 is 0 Å². The number of rotatable bonds is 3. The molecule has 2 N–H and O–H groups in total. The molecule has 3 heterocycles. The maximum atomic E-state index is 13.0. The first-order valence-corrected chi connectivity index (χ1v) is 9.85. The second-order valence-electron chi connectivity index (χ2n) is 6.75. The number of amides is 2. The second-order valence-corrected chi connectivity index (χ2v) is 7.65. The molecule has 2 amide bonds. The molecule has 0 unspecified atom stereocenters. The zero-order valence-corrected chi connectivity index (χ0v) is 17.0. The van der Waals surface area contributed by atoms with Gasteiger partial charge in [-0.25, -0.2) is 9.78 Å². The minimum Gasteiger partial charge on any atom is -0.311 e. The van der Waals surface area contributed by atoms with Crippen molar-refractivity contribution in [3.63, 3.8) is 0 Å². The average molecular weight is 405 g/mol. The van der Waals surface area contributed by atoms with Crippen LogP contribution in [-0.2, 0) is 7.05 Å². The molecule has 7 nitrogen and oxygen atoms in total. The summed E-state index contributed by atoms with van der Waals surface area (Å²) in [7, 11) is 1.76. The highest BCUT2D eigenvalue weighted by atomic mass is 32.1. The number of nitrogens with zero attached hydrogens (tertiary/aromatic N) is 3. The van der Waals surface area contributed by atoms with Crippen LogP contribution >= 0.6 is 11.3 Å². The fraction of sp³-hybridized carbons (Fsp3) is 0.143. The molecular formula is C21H19N5O2S. The van der Waals surface area contributed by atoms with E-state index in [9.17, 15) is 9.59 Å². The van der Waals surface area contributed by atoms with E-state index in [-0.39, 0.29) is 11.6 Å². The van der Waals surface area contributed by atoms with Crippen LogP contribution in [0.25, 0.3) is 22.0 Å². The van der Waals surface area contributed by atoms with Gasteiger partial charge in [0.1, 0.15) is 0 Å². The number of carbonyl (C=O) groups is 1. The molecule has 8 heteroatoms. The molecule has 0 saturated carbocycles. The monoisotopic (exact) mass is 405 g/mol. The number of fused-ring (bicyclic) bond motifs is 1. The van der Waals surface area contributed by atoms with Crippen LogP contribution in [0.4, 0.5) is 15.6 Å². The zero-order valence-electron chi connectivity index (χ0n) is 16.2. The van der Waals surface area contributed by atoms with Crippen molar-refractivity contribution in [2.75, 3.05) is 10.6 Å². The maximum Gasteiger partial charge on any atom is 0.325 e. The summed E-state index contributed by atoms with van der Waals surface area (Å²) in [6.45, 7) is 3.83. The molecule has 0 saturated heterocycles. The van der Waals surface area contributed by atoms with Gasteiger partial charge in [-0.2, -0.15) is 0 Å². The summed E-state index contributed by atoms with van der Waals surface area (Å²) in [4.78, 5) is 33.6. The highest BCUT2D eigenvalue weighted by molar-refractivity contribution is 7.13. The normalized spacial score (nSPS) is 10.9. The van der Waals surface area contributed by atoms with E-state index in [4.69, 9.17) is 0 Å². The van der Waals surface area contributed by atoms with Gasteiger partial charge in [-0.1, -0.05) is 6.07 Å². The number of anilines is 2. The lowest BCUT2D eigenvalue weighted by molar-refractivity contribution is 0.262. The van der Waals surface area contributed by atoms with Crippen molar-refractivity contribution in [3.8, 4) is 11.1 Å². The number of hydrogen-bond acceptors (Lipinski definition) is 5. The fourth-order valence-corrected chi connectivity index (χ4v) is 3.72. The highest BCUT2D eigenvalue weighted by Crippen LogP contribution is 2.27.